The Hall–Kier alpha value is -0.120. The molecule has 0 aromatic carbocycles. The normalized spacial score (nSPS) is 19.1. The fourth-order valence-corrected chi connectivity index (χ4v) is 1.11. The topological polar surface area (TPSA) is 38.7 Å². The maximum absolute atomic E-state index is 10.1. The van der Waals surface area contributed by atoms with Gasteiger partial charge in [-0.3, -0.25) is 0 Å². The van der Waals surface area contributed by atoms with Gasteiger partial charge >= 0.3 is 0 Å². The molecule has 0 saturated carbocycles. The van der Waals surface area contributed by atoms with Crippen molar-refractivity contribution in [3.05, 3.63) is 0 Å². The number of rotatable bonds is 6. The molecule has 2 atom stereocenters. The van der Waals surface area contributed by atoms with E-state index in [1.807, 2.05) is 20.8 Å². The molecule has 0 saturated heterocycles. The summed E-state index contributed by atoms with van der Waals surface area (Å²) in [6.07, 6.45) is 1.32. The third-order valence-corrected chi connectivity index (χ3v) is 3.02. The molecule has 0 heterocycles. The van der Waals surface area contributed by atoms with Crippen molar-refractivity contribution in [1.82, 2.24) is 0 Å². The SMILES string of the molecule is COC(C)C(C)(O)CCC(C)(C)OC. The average Bonchev–Trinajstić information content (AvgIpc) is 2.14. The molecule has 3 nitrogen and oxygen atoms in total. The first-order valence-electron chi connectivity index (χ1n) is 5.05. The lowest BCUT2D eigenvalue weighted by Crippen LogP contribution is -2.40. The van der Waals surface area contributed by atoms with Crippen molar-refractivity contribution in [2.75, 3.05) is 14.2 Å². The Morgan fingerprint density at radius 2 is 1.64 bits per heavy atom. The van der Waals surface area contributed by atoms with Crippen molar-refractivity contribution in [2.45, 2.75) is 57.8 Å². The van der Waals surface area contributed by atoms with E-state index in [1.165, 1.54) is 0 Å². The summed E-state index contributed by atoms with van der Waals surface area (Å²) < 4.78 is 10.4. The lowest BCUT2D eigenvalue weighted by atomic mass is 9.89. The summed E-state index contributed by atoms with van der Waals surface area (Å²) in [6.45, 7) is 7.70. The van der Waals surface area contributed by atoms with Gasteiger partial charge < -0.3 is 14.6 Å². The van der Waals surface area contributed by atoms with Gasteiger partial charge in [-0.1, -0.05) is 0 Å². The lowest BCUT2D eigenvalue weighted by Gasteiger charge is -2.32. The predicted octanol–water partition coefficient (Wildman–Crippen LogP) is 1.98. The summed E-state index contributed by atoms with van der Waals surface area (Å²) in [5.41, 5.74) is -0.970. The molecule has 0 radical (unpaired) electrons. The van der Waals surface area contributed by atoms with E-state index >= 15 is 0 Å². The number of aliphatic hydroxyl groups is 1. The Bertz CT molecular complexity index is 164. The molecule has 0 aromatic rings. The maximum atomic E-state index is 10.1. The van der Waals surface area contributed by atoms with Crippen LogP contribution in [0.5, 0.6) is 0 Å². The number of methoxy groups -OCH3 is 2. The third-order valence-electron chi connectivity index (χ3n) is 3.02. The monoisotopic (exact) mass is 204 g/mol. The molecule has 0 aliphatic heterocycles. The minimum Gasteiger partial charge on any atom is -0.387 e. The number of ether oxygens (including phenoxy) is 2. The molecule has 3 heteroatoms. The molecular weight excluding hydrogens is 180 g/mol. The maximum Gasteiger partial charge on any atom is 0.0878 e. The van der Waals surface area contributed by atoms with Gasteiger partial charge in [0, 0.05) is 14.2 Å². The van der Waals surface area contributed by atoms with E-state index in [1.54, 1.807) is 21.1 Å². The van der Waals surface area contributed by atoms with Crippen LogP contribution in [0.2, 0.25) is 0 Å². The van der Waals surface area contributed by atoms with Gasteiger partial charge in [-0.15, -0.1) is 0 Å². The molecule has 0 spiro atoms. The zero-order valence-electron chi connectivity index (χ0n) is 10.3. The van der Waals surface area contributed by atoms with Gasteiger partial charge in [0.1, 0.15) is 0 Å². The first-order chi connectivity index (χ1) is 6.25. The van der Waals surface area contributed by atoms with E-state index in [4.69, 9.17) is 9.47 Å². The van der Waals surface area contributed by atoms with Crippen LogP contribution in [0, 0.1) is 0 Å². The summed E-state index contributed by atoms with van der Waals surface area (Å²) in [6, 6.07) is 0. The minimum absolute atomic E-state index is 0.157. The predicted molar refractivity (Wildman–Crippen MR) is 57.4 cm³/mol. The van der Waals surface area contributed by atoms with Crippen molar-refractivity contribution < 1.29 is 14.6 Å². The molecule has 0 aliphatic rings. The van der Waals surface area contributed by atoms with E-state index in [-0.39, 0.29) is 11.7 Å². The zero-order chi connectivity index (χ0) is 11.4. The van der Waals surface area contributed by atoms with Gasteiger partial charge in [-0.25, -0.2) is 0 Å². The van der Waals surface area contributed by atoms with Crippen LogP contribution in [-0.4, -0.2) is 36.6 Å². The standard InChI is InChI=1S/C11H24O3/c1-9(13-5)11(4,12)8-7-10(2,3)14-6/h9,12H,7-8H2,1-6H3. The molecule has 0 aromatic heterocycles. The van der Waals surface area contributed by atoms with Crippen molar-refractivity contribution in [1.29, 1.82) is 0 Å². The van der Waals surface area contributed by atoms with Crippen LogP contribution in [0.25, 0.3) is 0 Å². The lowest BCUT2D eigenvalue weighted by molar-refractivity contribution is -0.0912. The molecule has 0 amide bonds. The summed E-state index contributed by atoms with van der Waals surface area (Å²) in [5.74, 6) is 0. The highest BCUT2D eigenvalue weighted by Crippen LogP contribution is 2.25. The molecule has 0 fully saturated rings. The zero-order valence-corrected chi connectivity index (χ0v) is 10.3. The summed E-state index contributed by atoms with van der Waals surface area (Å²) in [4.78, 5) is 0. The summed E-state index contributed by atoms with van der Waals surface area (Å²) in [7, 11) is 3.30. The third kappa shape index (κ3) is 4.40. The molecule has 0 bridgehead atoms. The van der Waals surface area contributed by atoms with Crippen LogP contribution in [0.15, 0.2) is 0 Å². The second kappa shape index (κ2) is 5.10. The van der Waals surface area contributed by atoms with E-state index in [2.05, 4.69) is 0 Å². The van der Waals surface area contributed by atoms with Gasteiger partial charge in [0.15, 0.2) is 0 Å². The molecule has 14 heavy (non-hydrogen) atoms. The quantitative estimate of drug-likeness (QED) is 0.719. The average molecular weight is 204 g/mol. The first-order valence-corrected chi connectivity index (χ1v) is 5.05. The van der Waals surface area contributed by atoms with Crippen LogP contribution in [-0.2, 0) is 9.47 Å². The van der Waals surface area contributed by atoms with Gasteiger partial charge in [0.2, 0.25) is 0 Å². The highest BCUT2D eigenvalue weighted by molar-refractivity contribution is 4.83. The second-order valence-electron chi connectivity index (χ2n) is 4.70. The van der Waals surface area contributed by atoms with Crippen LogP contribution < -0.4 is 0 Å². The Kier molecular flexibility index (Phi) is 5.06. The minimum atomic E-state index is -0.787. The highest BCUT2D eigenvalue weighted by atomic mass is 16.5. The van der Waals surface area contributed by atoms with Crippen LogP contribution in [0.3, 0.4) is 0 Å². The smallest absolute Gasteiger partial charge is 0.0878 e. The Morgan fingerprint density at radius 3 is 2.00 bits per heavy atom. The fourth-order valence-electron chi connectivity index (χ4n) is 1.11. The Morgan fingerprint density at radius 1 is 1.14 bits per heavy atom. The van der Waals surface area contributed by atoms with Crippen molar-refractivity contribution in [3.8, 4) is 0 Å². The Labute approximate surface area is 87.4 Å². The molecule has 2 unspecified atom stereocenters. The van der Waals surface area contributed by atoms with E-state index in [0.29, 0.717) is 6.42 Å². The molecule has 0 rings (SSSR count). The fraction of sp³-hybridized carbons (Fsp3) is 1.00. The first kappa shape index (κ1) is 13.9. The van der Waals surface area contributed by atoms with Crippen molar-refractivity contribution in [2.24, 2.45) is 0 Å². The van der Waals surface area contributed by atoms with E-state index < -0.39 is 5.60 Å². The number of hydrogen-bond acceptors (Lipinski definition) is 3. The largest absolute Gasteiger partial charge is 0.387 e. The van der Waals surface area contributed by atoms with Crippen molar-refractivity contribution in [3.63, 3.8) is 0 Å². The highest BCUT2D eigenvalue weighted by Gasteiger charge is 2.30. The van der Waals surface area contributed by atoms with Crippen LogP contribution >= 0.6 is 0 Å². The van der Waals surface area contributed by atoms with Gasteiger partial charge in [0.05, 0.1) is 17.3 Å². The molecular formula is C11H24O3. The van der Waals surface area contributed by atoms with Crippen LogP contribution in [0.1, 0.15) is 40.5 Å². The van der Waals surface area contributed by atoms with Gasteiger partial charge in [-0.05, 0) is 40.5 Å². The van der Waals surface area contributed by atoms with Gasteiger partial charge in [0.25, 0.3) is 0 Å². The Balaban J connectivity index is 4.11. The second-order valence-corrected chi connectivity index (χ2v) is 4.70. The number of hydrogen-bond donors (Lipinski definition) is 1. The molecule has 1 N–H and O–H groups in total. The van der Waals surface area contributed by atoms with E-state index in [0.717, 1.165) is 6.42 Å². The van der Waals surface area contributed by atoms with Crippen molar-refractivity contribution >= 4 is 0 Å². The molecule has 86 valence electrons. The van der Waals surface area contributed by atoms with Crippen LogP contribution in [0.4, 0.5) is 0 Å². The summed E-state index contributed by atoms with van der Waals surface area (Å²) in [5, 5.41) is 10.1. The summed E-state index contributed by atoms with van der Waals surface area (Å²) >= 11 is 0. The van der Waals surface area contributed by atoms with E-state index in [9.17, 15) is 5.11 Å². The molecule has 0 aliphatic carbocycles. The van der Waals surface area contributed by atoms with Gasteiger partial charge in [-0.2, -0.15) is 0 Å².